The second-order valence-corrected chi connectivity index (χ2v) is 6.04. The van der Waals surface area contributed by atoms with Gasteiger partial charge in [-0.25, -0.2) is 9.69 Å². The molecule has 26 heavy (non-hydrogen) atoms. The number of carbonyl (C=O) groups excluding carboxylic acids is 3. The number of nitriles is 1. The predicted molar refractivity (Wildman–Crippen MR) is 96.1 cm³/mol. The van der Waals surface area contributed by atoms with Crippen molar-refractivity contribution in [2.45, 2.75) is 13.8 Å². The SMILES string of the molecule is Cc1cc(C)cc(N2C(=O)NC(=O)/C(=C\c3ccc(C#N)cc3)C2=O)c1. The number of barbiturate groups is 1. The Hall–Kier alpha value is -3.72. The Morgan fingerprint density at radius 3 is 2.19 bits per heavy atom. The van der Waals surface area contributed by atoms with E-state index < -0.39 is 17.8 Å². The molecule has 1 aliphatic rings. The molecule has 0 aliphatic carbocycles. The Bertz CT molecular complexity index is 978. The Morgan fingerprint density at radius 2 is 1.62 bits per heavy atom. The summed E-state index contributed by atoms with van der Waals surface area (Å²) in [6, 6.07) is 13.0. The molecule has 1 fully saturated rings. The number of rotatable bonds is 2. The Labute approximate surface area is 150 Å². The average molecular weight is 345 g/mol. The molecule has 3 rings (SSSR count). The monoisotopic (exact) mass is 345 g/mol. The summed E-state index contributed by atoms with van der Waals surface area (Å²) in [4.78, 5) is 38.2. The normalized spacial score (nSPS) is 15.8. The van der Waals surface area contributed by atoms with Gasteiger partial charge in [0.05, 0.1) is 17.3 Å². The lowest BCUT2D eigenvalue weighted by Crippen LogP contribution is -2.54. The first-order chi connectivity index (χ1) is 12.4. The fourth-order valence-corrected chi connectivity index (χ4v) is 2.79. The van der Waals surface area contributed by atoms with Crippen molar-refractivity contribution < 1.29 is 14.4 Å². The van der Waals surface area contributed by atoms with Crippen LogP contribution in [0.15, 0.2) is 48.0 Å². The molecule has 0 aromatic heterocycles. The topological polar surface area (TPSA) is 90.3 Å². The van der Waals surface area contributed by atoms with E-state index in [1.165, 1.54) is 6.08 Å². The minimum atomic E-state index is -0.776. The molecule has 6 nitrogen and oxygen atoms in total. The van der Waals surface area contributed by atoms with E-state index in [0.29, 0.717) is 16.8 Å². The number of amides is 4. The van der Waals surface area contributed by atoms with Gasteiger partial charge in [-0.1, -0.05) is 18.2 Å². The summed E-state index contributed by atoms with van der Waals surface area (Å²) in [6.07, 6.45) is 1.40. The van der Waals surface area contributed by atoms with Gasteiger partial charge < -0.3 is 0 Å². The van der Waals surface area contributed by atoms with Crippen molar-refractivity contribution in [3.8, 4) is 6.07 Å². The molecule has 0 saturated carbocycles. The Kier molecular flexibility index (Phi) is 4.38. The van der Waals surface area contributed by atoms with Crippen LogP contribution in [-0.4, -0.2) is 17.8 Å². The van der Waals surface area contributed by atoms with Crippen LogP contribution in [0.4, 0.5) is 10.5 Å². The van der Waals surface area contributed by atoms with Crippen LogP contribution in [0.1, 0.15) is 22.3 Å². The molecule has 128 valence electrons. The summed E-state index contributed by atoms with van der Waals surface area (Å²) in [5.74, 6) is -1.43. The zero-order valence-electron chi connectivity index (χ0n) is 14.2. The van der Waals surface area contributed by atoms with Gasteiger partial charge in [-0.3, -0.25) is 14.9 Å². The molecule has 1 N–H and O–H groups in total. The second-order valence-electron chi connectivity index (χ2n) is 6.04. The predicted octanol–water partition coefficient (Wildman–Crippen LogP) is 2.84. The van der Waals surface area contributed by atoms with Gasteiger partial charge in [0, 0.05) is 0 Å². The lowest BCUT2D eigenvalue weighted by Gasteiger charge is -2.27. The van der Waals surface area contributed by atoms with Crippen molar-refractivity contribution in [2.75, 3.05) is 4.90 Å². The number of nitrogens with one attached hydrogen (secondary N) is 1. The van der Waals surface area contributed by atoms with E-state index in [1.54, 1.807) is 36.4 Å². The van der Waals surface area contributed by atoms with Crippen molar-refractivity contribution >= 4 is 29.6 Å². The van der Waals surface area contributed by atoms with Gasteiger partial charge in [-0.2, -0.15) is 5.26 Å². The number of carbonyl (C=O) groups is 3. The largest absolute Gasteiger partial charge is 0.335 e. The quantitative estimate of drug-likeness (QED) is 0.669. The highest BCUT2D eigenvalue weighted by molar-refractivity contribution is 6.39. The van der Waals surface area contributed by atoms with Gasteiger partial charge in [0.2, 0.25) is 0 Å². The molecule has 6 heteroatoms. The summed E-state index contributed by atoms with van der Waals surface area (Å²) in [5.41, 5.74) is 3.11. The van der Waals surface area contributed by atoms with Gasteiger partial charge in [0.25, 0.3) is 11.8 Å². The summed E-state index contributed by atoms with van der Waals surface area (Å²) in [6.45, 7) is 3.73. The van der Waals surface area contributed by atoms with E-state index in [1.807, 2.05) is 26.0 Å². The van der Waals surface area contributed by atoms with Gasteiger partial charge in [-0.05, 0) is 60.9 Å². The molecule has 4 amide bonds. The third-order valence-electron chi connectivity index (χ3n) is 3.92. The molecule has 1 saturated heterocycles. The number of aryl methyl sites for hydroxylation is 2. The summed E-state index contributed by atoms with van der Waals surface area (Å²) < 4.78 is 0. The number of hydrogen-bond donors (Lipinski definition) is 1. The van der Waals surface area contributed by atoms with Crippen LogP contribution >= 0.6 is 0 Å². The van der Waals surface area contributed by atoms with Crippen LogP contribution in [-0.2, 0) is 9.59 Å². The van der Waals surface area contributed by atoms with Gasteiger partial charge in [-0.15, -0.1) is 0 Å². The maximum atomic E-state index is 12.8. The van der Waals surface area contributed by atoms with Gasteiger partial charge in [0.1, 0.15) is 5.57 Å². The number of urea groups is 1. The minimum Gasteiger partial charge on any atom is -0.273 e. The highest BCUT2D eigenvalue weighted by Gasteiger charge is 2.36. The van der Waals surface area contributed by atoms with Crippen molar-refractivity contribution in [3.63, 3.8) is 0 Å². The van der Waals surface area contributed by atoms with Crippen molar-refractivity contribution in [1.29, 1.82) is 5.26 Å². The summed E-state index contributed by atoms with van der Waals surface area (Å²) in [5, 5.41) is 11.0. The van der Waals surface area contributed by atoms with E-state index in [-0.39, 0.29) is 5.57 Å². The van der Waals surface area contributed by atoms with Crippen molar-refractivity contribution in [2.24, 2.45) is 0 Å². The van der Waals surface area contributed by atoms with Crippen LogP contribution in [0.5, 0.6) is 0 Å². The fraction of sp³-hybridized carbons (Fsp3) is 0.100. The van der Waals surface area contributed by atoms with Crippen LogP contribution in [0.25, 0.3) is 6.08 Å². The first-order valence-corrected chi connectivity index (χ1v) is 7.89. The molecular weight excluding hydrogens is 330 g/mol. The standard InChI is InChI=1S/C20H15N3O3/c1-12-7-13(2)9-16(8-12)23-19(25)17(18(24)22-20(23)26)10-14-3-5-15(11-21)6-4-14/h3-10H,1-2H3,(H,22,24,26)/b17-10+. The number of hydrogen-bond acceptors (Lipinski definition) is 4. The average Bonchev–Trinajstić information content (AvgIpc) is 2.58. The lowest BCUT2D eigenvalue weighted by atomic mass is 10.0. The van der Waals surface area contributed by atoms with E-state index in [2.05, 4.69) is 5.32 Å². The summed E-state index contributed by atoms with van der Waals surface area (Å²) >= 11 is 0. The number of imide groups is 2. The van der Waals surface area contributed by atoms with Crippen LogP contribution < -0.4 is 10.2 Å². The number of benzene rings is 2. The van der Waals surface area contributed by atoms with Gasteiger partial charge in [0.15, 0.2) is 0 Å². The third kappa shape index (κ3) is 3.23. The molecule has 0 radical (unpaired) electrons. The molecule has 1 heterocycles. The zero-order chi connectivity index (χ0) is 18.8. The molecular formula is C20H15N3O3. The third-order valence-corrected chi connectivity index (χ3v) is 3.92. The number of anilines is 1. The maximum Gasteiger partial charge on any atom is 0.335 e. The lowest BCUT2D eigenvalue weighted by molar-refractivity contribution is -0.122. The molecule has 2 aromatic rings. The molecule has 1 aliphatic heterocycles. The maximum absolute atomic E-state index is 12.8. The first kappa shape index (κ1) is 17.1. The van der Waals surface area contributed by atoms with Crippen LogP contribution in [0.2, 0.25) is 0 Å². The van der Waals surface area contributed by atoms with Crippen molar-refractivity contribution in [1.82, 2.24) is 5.32 Å². The van der Waals surface area contributed by atoms with E-state index in [9.17, 15) is 14.4 Å². The van der Waals surface area contributed by atoms with Gasteiger partial charge >= 0.3 is 6.03 Å². The molecule has 0 atom stereocenters. The van der Waals surface area contributed by atoms with Crippen LogP contribution in [0.3, 0.4) is 0 Å². The highest BCUT2D eigenvalue weighted by atomic mass is 16.2. The smallest absolute Gasteiger partial charge is 0.273 e. The van der Waals surface area contributed by atoms with E-state index in [0.717, 1.165) is 16.0 Å². The fourth-order valence-electron chi connectivity index (χ4n) is 2.79. The Balaban J connectivity index is 2.02. The summed E-state index contributed by atoms with van der Waals surface area (Å²) in [7, 11) is 0. The highest BCUT2D eigenvalue weighted by Crippen LogP contribution is 2.24. The zero-order valence-corrected chi connectivity index (χ0v) is 14.2. The van der Waals surface area contributed by atoms with Crippen LogP contribution in [0, 0.1) is 25.2 Å². The molecule has 2 aromatic carbocycles. The van der Waals surface area contributed by atoms with E-state index in [4.69, 9.17) is 5.26 Å². The minimum absolute atomic E-state index is 0.145. The van der Waals surface area contributed by atoms with E-state index >= 15 is 0 Å². The molecule has 0 unspecified atom stereocenters. The number of nitrogens with zero attached hydrogens (tertiary/aromatic N) is 2. The second kappa shape index (κ2) is 6.65. The van der Waals surface area contributed by atoms with Crippen molar-refractivity contribution in [3.05, 3.63) is 70.3 Å². The first-order valence-electron chi connectivity index (χ1n) is 7.89. The Morgan fingerprint density at radius 1 is 1.00 bits per heavy atom. The molecule has 0 spiro atoms. The molecule has 0 bridgehead atoms.